The van der Waals surface area contributed by atoms with Gasteiger partial charge < -0.3 is 20.1 Å². The van der Waals surface area contributed by atoms with Crippen LogP contribution in [0.25, 0.3) is 0 Å². The molecule has 4 nitrogen and oxygen atoms in total. The van der Waals surface area contributed by atoms with E-state index < -0.39 is 0 Å². The number of anilines is 2. The Hall–Kier alpha value is -1.22. The molecule has 0 bridgehead atoms. The van der Waals surface area contributed by atoms with Crippen LogP contribution in [0.2, 0.25) is 0 Å². The summed E-state index contributed by atoms with van der Waals surface area (Å²) in [6.07, 6.45) is 0. The van der Waals surface area contributed by atoms with E-state index in [2.05, 4.69) is 10.6 Å². The molecule has 0 saturated heterocycles. The summed E-state index contributed by atoms with van der Waals surface area (Å²) in [5, 5.41) is 6.80. The van der Waals surface area contributed by atoms with Crippen LogP contribution in [-0.2, 0) is 0 Å². The van der Waals surface area contributed by atoms with Crippen molar-refractivity contribution in [3.05, 3.63) is 48.5 Å². The number of hydrogen-bond donors (Lipinski definition) is 2. The molecule has 0 fully saturated rings. The third-order valence-corrected chi connectivity index (χ3v) is 3.05. The van der Waals surface area contributed by atoms with Crippen molar-refractivity contribution in [2.24, 2.45) is 0 Å². The predicted octanol–water partition coefficient (Wildman–Crippen LogP) is 4.29. The zero-order valence-electron chi connectivity index (χ0n) is 13.3. The second-order valence-corrected chi connectivity index (χ2v) is 4.90. The van der Waals surface area contributed by atoms with Crippen LogP contribution in [0.4, 0.5) is 11.4 Å². The Morgan fingerprint density at radius 1 is 0.783 bits per heavy atom. The summed E-state index contributed by atoms with van der Waals surface area (Å²) in [6, 6.07) is 15.3. The Kier molecular flexibility index (Phi) is 9.08. The van der Waals surface area contributed by atoms with Gasteiger partial charge in [-0.15, -0.1) is 0 Å². The normalized spacial score (nSPS) is 9.48. The quantitative estimate of drug-likeness (QED) is 0.522. The van der Waals surface area contributed by atoms with Gasteiger partial charge in [0.1, 0.15) is 11.5 Å². The monoisotopic (exact) mass is 554 g/mol. The molecular formula is C17H20N2O2SU. The van der Waals surface area contributed by atoms with Crippen LogP contribution in [0.15, 0.2) is 48.5 Å². The van der Waals surface area contributed by atoms with Crippen molar-refractivity contribution in [3.63, 3.8) is 0 Å². The van der Waals surface area contributed by atoms with Gasteiger partial charge in [0.05, 0.1) is 13.2 Å². The topological polar surface area (TPSA) is 42.5 Å². The first-order valence-corrected chi connectivity index (χ1v) is 7.65. The molecule has 0 aromatic heterocycles. The zero-order chi connectivity index (χ0) is 15.8. The van der Waals surface area contributed by atoms with Crippen LogP contribution in [0.5, 0.6) is 11.5 Å². The molecule has 0 heterocycles. The molecule has 0 saturated carbocycles. The van der Waals surface area contributed by atoms with Crippen LogP contribution < -0.4 is 20.1 Å². The average Bonchev–Trinajstić information content (AvgIpc) is 2.52. The molecule has 0 radical (unpaired) electrons. The molecule has 0 unspecified atom stereocenters. The Labute approximate surface area is 166 Å². The van der Waals surface area contributed by atoms with E-state index >= 15 is 0 Å². The van der Waals surface area contributed by atoms with Gasteiger partial charge in [0.25, 0.3) is 0 Å². The first kappa shape index (κ1) is 19.8. The largest absolute Gasteiger partial charge is 0.494 e. The minimum absolute atomic E-state index is 0. The second kappa shape index (κ2) is 10.5. The zero-order valence-corrected chi connectivity index (χ0v) is 18.2. The summed E-state index contributed by atoms with van der Waals surface area (Å²) in [6.45, 7) is 5.24. The van der Waals surface area contributed by atoms with Crippen molar-refractivity contribution in [3.8, 4) is 11.5 Å². The number of ether oxygens (including phenoxy) is 2. The van der Waals surface area contributed by atoms with Crippen LogP contribution >= 0.6 is 12.2 Å². The molecular weight excluding hydrogens is 534 g/mol. The van der Waals surface area contributed by atoms with Crippen LogP contribution in [-0.4, -0.2) is 18.3 Å². The molecule has 0 aliphatic carbocycles. The fourth-order valence-corrected chi connectivity index (χ4v) is 2.13. The summed E-state index contributed by atoms with van der Waals surface area (Å²) in [7, 11) is 0. The SMILES string of the molecule is CCOc1ccc(NC(=S)Nc2ccc(OCC)cc2)cc1.[U]. The van der Waals surface area contributed by atoms with E-state index in [1.54, 1.807) is 0 Å². The standard InChI is InChI=1S/C17H20N2O2S.U/c1-3-20-15-9-5-13(6-10-15)18-17(22)19-14-7-11-16(12-8-14)21-4-2;/h5-12H,3-4H2,1-2H3,(H2,18,19,22);. The van der Waals surface area contributed by atoms with Crippen molar-refractivity contribution < 1.29 is 40.6 Å². The van der Waals surface area contributed by atoms with Gasteiger partial charge in [-0.1, -0.05) is 0 Å². The van der Waals surface area contributed by atoms with Gasteiger partial charge in [-0.05, 0) is 74.6 Å². The Balaban J connectivity index is 0.00000264. The smallest absolute Gasteiger partial charge is 0.175 e. The van der Waals surface area contributed by atoms with E-state index in [-0.39, 0.29) is 31.1 Å². The third kappa shape index (κ3) is 6.82. The molecule has 0 aliphatic heterocycles. The number of hydrogen-bond acceptors (Lipinski definition) is 3. The fourth-order valence-electron chi connectivity index (χ4n) is 1.90. The minimum Gasteiger partial charge on any atom is -0.494 e. The van der Waals surface area contributed by atoms with Gasteiger partial charge in [-0.25, -0.2) is 0 Å². The van der Waals surface area contributed by atoms with E-state index in [1.165, 1.54) is 0 Å². The Morgan fingerprint density at radius 2 is 1.13 bits per heavy atom. The number of rotatable bonds is 6. The summed E-state index contributed by atoms with van der Waals surface area (Å²) < 4.78 is 10.8. The van der Waals surface area contributed by atoms with Crippen LogP contribution in [0.1, 0.15) is 13.8 Å². The first-order chi connectivity index (χ1) is 10.7. The molecule has 0 amide bonds. The Morgan fingerprint density at radius 3 is 1.43 bits per heavy atom. The van der Waals surface area contributed by atoms with E-state index in [0.29, 0.717) is 18.3 Å². The first-order valence-electron chi connectivity index (χ1n) is 7.25. The van der Waals surface area contributed by atoms with Gasteiger partial charge in [0, 0.05) is 42.5 Å². The maximum atomic E-state index is 5.40. The van der Waals surface area contributed by atoms with Gasteiger partial charge in [0.15, 0.2) is 5.11 Å². The molecule has 6 heteroatoms. The van der Waals surface area contributed by atoms with Crippen LogP contribution in [0.3, 0.4) is 0 Å². The van der Waals surface area contributed by atoms with E-state index in [9.17, 15) is 0 Å². The summed E-state index contributed by atoms with van der Waals surface area (Å²) in [5.41, 5.74) is 1.82. The minimum atomic E-state index is 0. The summed E-state index contributed by atoms with van der Waals surface area (Å²) in [5.74, 6) is 1.69. The van der Waals surface area contributed by atoms with Gasteiger partial charge in [-0.3, -0.25) is 0 Å². The van der Waals surface area contributed by atoms with Gasteiger partial charge in [0.2, 0.25) is 0 Å². The number of benzene rings is 2. The van der Waals surface area contributed by atoms with Gasteiger partial charge >= 0.3 is 0 Å². The van der Waals surface area contributed by atoms with Crippen molar-refractivity contribution in [2.75, 3.05) is 23.8 Å². The van der Waals surface area contributed by atoms with E-state index in [4.69, 9.17) is 21.7 Å². The fraction of sp³-hybridized carbons (Fsp3) is 0.235. The number of thiocarbonyl (C=S) groups is 1. The average molecular weight is 554 g/mol. The molecule has 0 aliphatic rings. The Bertz CT molecular complexity index is 549. The van der Waals surface area contributed by atoms with Crippen molar-refractivity contribution in [1.82, 2.24) is 0 Å². The molecule has 0 spiro atoms. The van der Waals surface area contributed by atoms with Crippen LogP contribution in [0, 0.1) is 31.1 Å². The molecule has 2 aromatic rings. The summed E-state index contributed by atoms with van der Waals surface area (Å²) >= 11 is 5.30. The summed E-state index contributed by atoms with van der Waals surface area (Å²) in [4.78, 5) is 0. The van der Waals surface area contributed by atoms with E-state index in [1.807, 2.05) is 62.4 Å². The maximum absolute atomic E-state index is 5.40. The van der Waals surface area contributed by atoms with Crippen molar-refractivity contribution in [2.45, 2.75) is 13.8 Å². The molecule has 0 atom stereocenters. The van der Waals surface area contributed by atoms with Crippen molar-refractivity contribution >= 4 is 28.7 Å². The van der Waals surface area contributed by atoms with E-state index in [0.717, 1.165) is 22.9 Å². The molecule has 23 heavy (non-hydrogen) atoms. The van der Waals surface area contributed by atoms with Crippen molar-refractivity contribution in [1.29, 1.82) is 0 Å². The second-order valence-electron chi connectivity index (χ2n) is 4.49. The van der Waals surface area contributed by atoms with Gasteiger partial charge in [-0.2, -0.15) is 0 Å². The molecule has 120 valence electrons. The maximum Gasteiger partial charge on any atom is 0.175 e. The predicted molar refractivity (Wildman–Crippen MR) is 95.1 cm³/mol. The third-order valence-electron chi connectivity index (χ3n) is 2.85. The molecule has 2 N–H and O–H groups in total. The molecule has 2 aromatic carbocycles. The number of nitrogens with one attached hydrogen (secondary N) is 2. The molecule has 2 rings (SSSR count).